The van der Waals surface area contributed by atoms with E-state index in [0.717, 1.165) is 51.7 Å². The van der Waals surface area contributed by atoms with E-state index in [0.29, 0.717) is 39.1 Å². The number of piperidine rings is 1. The molecule has 0 radical (unpaired) electrons. The zero-order valence-electron chi connectivity index (χ0n) is 23.5. The fourth-order valence-electron chi connectivity index (χ4n) is 6.76. The van der Waals surface area contributed by atoms with Crippen molar-refractivity contribution in [3.8, 4) is 0 Å². The van der Waals surface area contributed by atoms with Crippen molar-refractivity contribution < 1.29 is 14.4 Å². The number of aromatic amines is 1. The summed E-state index contributed by atoms with van der Waals surface area (Å²) in [4.78, 5) is 46.1. The summed E-state index contributed by atoms with van der Waals surface area (Å²) in [6.07, 6.45) is 3.98. The summed E-state index contributed by atoms with van der Waals surface area (Å²) in [5, 5.41) is 11.3. The Balaban J connectivity index is 1.06. The third-order valence-electron chi connectivity index (χ3n) is 9.06. The zero-order chi connectivity index (χ0) is 28.6. The van der Waals surface area contributed by atoms with Crippen molar-refractivity contribution in [2.24, 2.45) is 5.92 Å². The van der Waals surface area contributed by atoms with Crippen molar-refractivity contribution in [1.82, 2.24) is 24.9 Å². The molecule has 0 bridgehead atoms. The van der Waals surface area contributed by atoms with Crippen molar-refractivity contribution in [2.45, 2.75) is 51.4 Å². The lowest BCUT2D eigenvalue weighted by molar-refractivity contribution is -0.142. The molecule has 4 heterocycles. The number of rotatable bonds is 5. The highest BCUT2D eigenvalue weighted by atomic mass is 16.2. The van der Waals surface area contributed by atoms with Gasteiger partial charge in [-0.1, -0.05) is 54.6 Å². The molecule has 3 aromatic carbocycles. The second-order valence-electron chi connectivity index (χ2n) is 11.6. The van der Waals surface area contributed by atoms with Gasteiger partial charge in [0.15, 0.2) is 0 Å². The van der Waals surface area contributed by atoms with E-state index in [1.54, 1.807) is 0 Å². The van der Waals surface area contributed by atoms with E-state index < -0.39 is 5.92 Å². The molecule has 9 nitrogen and oxygen atoms in total. The van der Waals surface area contributed by atoms with Gasteiger partial charge in [0.2, 0.25) is 11.8 Å². The minimum absolute atomic E-state index is 0.00717. The number of urea groups is 1. The number of nitrogens with zero attached hydrogens (tertiary/aromatic N) is 4. The number of anilines is 1. The van der Waals surface area contributed by atoms with Gasteiger partial charge in [-0.05, 0) is 53.6 Å². The molecule has 0 spiro atoms. The summed E-state index contributed by atoms with van der Waals surface area (Å²) < 4.78 is 0. The number of aromatic nitrogens is 2. The predicted molar refractivity (Wildman–Crippen MR) is 159 cm³/mol. The fraction of sp³-hybridized carbons (Fsp3) is 0.333. The molecule has 3 aliphatic rings. The first kappa shape index (κ1) is 26.3. The van der Waals surface area contributed by atoms with Crippen LogP contribution in [-0.4, -0.2) is 61.9 Å². The molecule has 0 unspecified atom stereocenters. The minimum Gasteiger partial charge on any atom is -0.343 e. The van der Waals surface area contributed by atoms with E-state index in [1.807, 2.05) is 81.6 Å². The molecule has 9 heteroatoms. The van der Waals surface area contributed by atoms with Crippen LogP contribution >= 0.6 is 0 Å². The highest BCUT2D eigenvalue weighted by Crippen LogP contribution is 2.32. The normalized spacial score (nSPS) is 19.3. The standard InChI is InChI=1S/C33H34N6O3/c40-31(37-14-12-26(13-15-37)39-20-24-8-4-5-9-29(24)35-33(39)42)17-25-16-23-10-11-30-27(18-34-36-30)28(23)21-38(32(25)41)19-22-6-2-1-3-7-22/h1-11,18,25-26H,12-17,19-21H2,(H,34,36)(H,35,42)/t25-/m0/s1. The van der Waals surface area contributed by atoms with E-state index in [4.69, 9.17) is 0 Å². The second-order valence-corrected chi connectivity index (χ2v) is 11.6. The average molecular weight is 563 g/mol. The Morgan fingerprint density at radius 1 is 0.905 bits per heavy atom. The molecule has 0 aliphatic carbocycles. The van der Waals surface area contributed by atoms with Gasteiger partial charge < -0.3 is 20.0 Å². The van der Waals surface area contributed by atoms with Crippen molar-refractivity contribution in [3.05, 3.63) is 95.2 Å². The average Bonchev–Trinajstić information content (AvgIpc) is 3.46. The van der Waals surface area contributed by atoms with Gasteiger partial charge in [0.25, 0.3) is 0 Å². The molecular weight excluding hydrogens is 528 g/mol. The van der Waals surface area contributed by atoms with Gasteiger partial charge in [-0.15, -0.1) is 0 Å². The maximum Gasteiger partial charge on any atom is 0.322 e. The van der Waals surface area contributed by atoms with Gasteiger partial charge in [0.1, 0.15) is 0 Å². The van der Waals surface area contributed by atoms with Gasteiger partial charge in [0, 0.05) is 56.3 Å². The molecule has 214 valence electrons. The maximum absolute atomic E-state index is 14.0. The number of hydrogen-bond donors (Lipinski definition) is 2. The minimum atomic E-state index is -0.436. The molecule has 2 N–H and O–H groups in total. The van der Waals surface area contributed by atoms with E-state index in [9.17, 15) is 14.4 Å². The van der Waals surface area contributed by atoms with E-state index in [2.05, 4.69) is 21.6 Å². The monoisotopic (exact) mass is 562 g/mol. The summed E-state index contributed by atoms with van der Waals surface area (Å²) in [5.74, 6) is -0.416. The van der Waals surface area contributed by atoms with E-state index >= 15 is 0 Å². The molecule has 7 rings (SSSR count). The van der Waals surface area contributed by atoms with Gasteiger partial charge in [0.05, 0.1) is 17.6 Å². The Morgan fingerprint density at radius 3 is 2.52 bits per heavy atom. The lowest BCUT2D eigenvalue weighted by Crippen LogP contribution is -2.51. The Bertz CT molecular complexity index is 1640. The summed E-state index contributed by atoms with van der Waals surface area (Å²) in [6, 6.07) is 22.0. The number of amides is 4. The molecule has 1 aromatic heterocycles. The van der Waals surface area contributed by atoms with Crippen molar-refractivity contribution >= 4 is 34.4 Å². The van der Waals surface area contributed by atoms with Crippen LogP contribution in [0.4, 0.5) is 10.5 Å². The van der Waals surface area contributed by atoms with Crippen LogP contribution in [0.1, 0.15) is 41.5 Å². The first-order valence-electron chi connectivity index (χ1n) is 14.7. The van der Waals surface area contributed by atoms with E-state index in [1.165, 1.54) is 0 Å². The van der Waals surface area contributed by atoms with Crippen molar-refractivity contribution in [1.29, 1.82) is 0 Å². The lowest BCUT2D eigenvalue weighted by Gasteiger charge is -2.40. The molecule has 3 aliphatic heterocycles. The number of carbonyl (C=O) groups is 3. The fourth-order valence-corrected chi connectivity index (χ4v) is 6.76. The van der Waals surface area contributed by atoms with Crippen LogP contribution in [0.5, 0.6) is 0 Å². The van der Waals surface area contributed by atoms with Crippen LogP contribution in [-0.2, 0) is 35.6 Å². The number of hydrogen-bond acceptors (Lipinski definition) is 4. The number of para-hydroxylation sites is 1. The number of carbonyl (C=O) groups excluding carboxylic acids is 3. The van der Waals surface area contributed by atoms with Crippen LogP contribution in [0, 0.1) is 5.92 Å². The Hall–Kier alpha value is -4.66. The van der Waals surface area contributed by atoms with Crippen LogP contribution in [0.3, 0.4) is 0 Å². The van der Waals surface area contributed by atoms with Crippen LogP contribution in [0.2, 0.25) is 0 Å². The van der Waals surface area contributed by atoms with Crippen LogP contribution in [0.15, 0.2) is 72.9 Å². The number of benzene rings is 3. The summed E-state index contributed by atoms with van der Waals surface area (Å²) in [7, 11) is 0. The summed E-state index contributed by atoms with van der Waals surface area (Å²) in [5.41, 5.74) is 6.18. The Kier molecular flexibility index (Phi) is 6.85. The van der Waals surface area contributed by atoms with Crippen molar-refractivity contribution in [3.63, 3.8) is 0 Å². The SMILES string of the molecule is O=C(C[C@@H]1Cc2ccc3[nH]ncc3c2CN(Cc2ccccc2)C1=O)N1CCC(N2Cc3ccccc3NC2=O)CC1. The summed E-state index contributed by atoms with van der Waals surface area (Å²) in [6.45, 7) is 2.71. The number of H-pyrrole nitrogens is 1. The van der Waals surface area contributed by atoms with Gasteiger partial charge >= 0.3 is 6.03 Å². The summed E-state index contributed by atoms with van der Waals surface area (Å²) >= 11 is 0. The molecule has 1 fully saturated rings. The topological polar surface area (TPSA) is 102 Å². The van der Waals surface area contributed by atoms with Crippen LogP contribution in [0.25, 0.3) is 10.9 Å². The third-order valence-corrected chi connectivity index (χ3v) is 9.06. The van der Waals surface area contributed by atoms with Crippen LogP contribution < -0.4 is 5.32 Å². The molecule has 42 heavy (non-hydrogen) atoms. The van der Waals surface area contributed by atoms with Gasteiger partial charge in [-0.25, -0.2) is 4.79 Å². The third kappa shape index (κ3) is 5.00. The van der Waals surface area contributed by atoms with Gasteiger partial charge in [-0.2, -0.15) is 5.10 Å². The van der Waals surface area contributed by atoms with Gasteiger partial charge in [-0.3, -0.25) is 14.7 Å². The maximum atomic E-state index is 14.0. The second kappa shape index (κ2) is 11.0. The first-order chi connectivity index (χ1) is 20.5. The molecule has 4 aromatic rings. The molecule has 1 saturated heterocycles. The Morgan fingerprint density at radius 2 is 1.69 bits per heavy atom. The molecule has 1 atom stereocenters. The highest BCUT2D eigenvalue weighted by Gasteiger charge is 2.36. The molecule has 0 saturated carbocycles. The van der Waals surface area contributed by atoms with Crippen molar-refractivity contribution in [2.75, 3.05) is 18.4 Å². The lowest BCUT2D eigenvalue weighted by atomic mass is 9.92. The zero-order valence-corrected chi connectivity index (χ0v) is 23.5. The smallest absolute Gasteiger partial charge is 0.322 e. The first-order valence-corrected chi connectivity index (χ1v) is 14.7. The quantitative estimate of drug-likeness (QED) is 0.368. The number of fused-ring (bicyclic) bond motifs is 4. The predicted octanol–water partition coefficient (Wildman–Crippen LogP) is 4.69. The molecule has 4 amide bonds. The number of likely N-dealkylation sites (tertiary alicyclic amines) is 1. The highest BCUT2D eigenvalue weighted by molar-refractivity contribution is 5.92. The molecular formula is C33H34N6O3. The largest absolute Gasteiger partial charge is 0.343 e. The Labute approximate surface area is 244 Å². The van der Waals surface area contributed by atoms with E-state index in [-0.39, 0.29) is 30.3 Å². The number of nitrogens with one attached hydrogen (secondary N) is 2.